The number of phenolic OH excluding ortho intramolecular Hbond substituents is 1. The van der Waals surface area contributed by atoms with Gasteiger partial charge in [-0.1, -0.05) is 12.1 Å². The molecule has 1 heterocycles. The molecule has 1 aliphatic heterocycles. The van der Waals surface area contributed by atoms with Crippen LogP contribution in [0.3, 0.4) is 0 Å². The number of aromatic hydroxyl groups is 1. The van der Waals surface area contributed by atoms with Crippen LogP contribution in [0.1, 0.15) is 36.4 Å². The Morgan fingerprint density at radius 1 is 1.37 bits per heavy atom. The molecular weight excluding hydrogens is 238 g/mol. The summed E-state index contributed by atoms with van der Waals surface area (Å²) in [5.41, 5.74) is 2.47. The molecule has 0 radical (unpaired) electrons. The predicted molar refractivity (Wildman–Crippen MR) is 75.3 cm³/mol. The number of rotatable bonds is 3. The quantitative estimate of drug-likeness (QED) is 0.908. The van der Waals surface area contributed by atoms with Crippen molar-refractivity contribution in [3.05, 3.63) is 29.3 Å². The van der Waals surface area contributed by atoms with E-state index in [9.17, 15) is 5.11 Å². The molecule has 2 unspecified atom stereocenters. The Hall–Kier alpha value is -1.06. The summed E-state index contributed by atoms with van der Waals surface area (Å²) in [4.78, 5) is 2.45. The molecule has 2 atom stereocenters. The van der Waals surface area contributed by atoms with Crippen LogP contribution in [0, 0.1) is 5.92 Å². The normalized spacial score (nSPS) is 26.6. The van der Waals surface area contributed by atoms with Crippen LogP contribution in [0.25, 0.3) is 0 Å². The first-order valence-corrected chi connectivity index (χ1v) is 7.34. The van der Waals surface area contributed by atoms with Crippen LogP contribution in [-0.4, -0.2) is 36.8 Å². The first kappa shape index (κ1) is 12.9. The summed E-state index contributed by atoms with van der Waals surface area (Å²) >= 11 is 0. The Bertz CT molecular complexity index is 440. The second-order valence-electron chi connectivity index (χ2n) is 5.92. The third kappa shape index (κ3) is 2.63. The average Bonchev–Trinajstić information content (AvgIpc) is 2.85. The third-order valence-corrected chi connectivity index (χ3v) is 4.55. The van der Waals surface area contributed by atoms with E-state index in [1.54, 1.807) is 6.07 Å². The molecule has 1 aromatic rings. The highest BCUT2D eigenvalue weighted by atomic mass is 16.5. The summed E-state index contributed by atoms with van der Waals surface area (Å²) in [6.45, 7) is 2.93. The van der Waals surface area contributed by atoms with Gasteiger partial charge in [-0.25, -0.2) is 0 Å². The topological polar surface area (TPSA) is 32.7 Å². The van der Waals surface area contributed by atoms with Crippen molar-refractivity contribution in [2.24, 2.45) is 5.92 Å². The summed E-state index contributed by atoms with van der Waals surface area (Å²) in [5, 5.41) is 9.91. The molecule has 3 rings (SSSR count). The van der Waals surface area contributed by atoms with Gasteiger partial charge in [-0.3, -0.25) is 4.90 Å². The first-order chi connectivity index (χ1) is 9.25. The zero-order chi connectivity index (χ0) is 13.2. The third-order valence-electron chi connectivity index (χ3n) is 4.55. The molecule has 0 bridgehead atoms. The number of nitrogens with zero attached hydrogens (tertiary/aromatic N) is 1. The fraction of sp³-hybridized carbons (Fsp3) is 0.625. The standard InChI is InChI=1S/C16H23NO2/c1-17(10-12-4-3-9-19-11-12)15-8-7-14-13(15)5-2-6-16(14)18/h2,5-6,12,15,18H,3-4,7-11H2,1H3. The summed E-state index contributed by atoms with van der Waals surface area (Å²) in [5.74, 6) is 1.13. The minimum Gasteiger partial charge on any atom is -0.508 e. The van der Waals surface area contributed by atoms with Crippen LogP contribution in [0.4, 0.5) is 0 Å². The van der Waals surface area contributed by atoms with Crippen LogP contribution in [0.2, 0.25) is 0 Å². The monoisotopic (exact) mass is 261 g/mol. The number of phenols is 1. The molecule has 0 spiro atoms. The highest BCUT2D eigenvalue weighted by Gasteiger charge is 2.29. The Labute approximate surface area is 115 Å². The predicted octanol–water partition coefficient (Wildman–Crippen LogP) is 2.74. The van der Waals surface area contributed by atoms with E-state index in [0.717, 1.165) is 38.2 Å². The van der Waals surface area contributed by atoms with Gasteiger partial charge in [0.1, 0.15) is 5.75 Å². The number of ether oxygens (including phenoxy) is 1. The molecule has 19 heavy (non-hydrogen) atoms. The molecule has 3 nitrogen and oxygen atoms in total. The maximum atomic E-state index is 9.91. The number of benzene rings is 1. The number of hydrogen-bond donors (Lipinski definition) is 1. The minimum atomic E-state index is 0.462. The first-order valence-electron chi connectivity index (χ1n) is 7.34. The molecule has 0 amide bonds. The SMILES string of the molecule is CN(CC1CCCOC1)C1CCc2c(O)cccc21. The lowest BCUT2D eigenvalue weighted by Crippen LogP contribution is -2.32. The molecule has 0 saturated carbocycles. The molecule has 1 saturated heterocycles. The van der Waals surface area contributed by atoms with Gasteiger partial charge in [0.05, 0.1) is 6.61 Å². The van der Waals surface area contributed by atoms with Crippen molar-refractivity contribution in [1.29, 1.82) is 0 Å². The maximum Gasteiger partial charge on any atom is 0.119 e. The van der Waals surface area contributed by atoms with Crippen molar-refractivity contribution in [2.75, 3.05) is 26.8 Å². The van der Waals surface area contributed by atoms with Crippen LogP contribution < -0.4 is 0 Å². The van der Waals surface area contributed by atoms with Crippen molar-refractivity contribution in [1.82, 2.24) is 4.90 Å². The van der Waals surface area contributed by atoms with Crippen molar-refractivity contribution in [3.8, 4) is 5.75 Å². The zero-order valence-electron chi connectivity index (χ0n) is 11.6. The van der Waals surface area contributed by atoms with Gasteiger partial charge in [0.15, 0.2) is 0 Å². The molecule has 1 N–H and O–H groups in total. The molecule has 1 aromatic carbocycles. The van der Waals surface area contributed by atoms with Gasteiger partial charge in [0, 0.05) is 19.2 Å². The average molecular weight is 261 g/mol. The van der Waals surface area contributed by atoms with Crippen LogP contribution >= 0.6 is 0 Å². The van der Waals surface area contributed by atoms with E-state index in [-0.39, 0.29) is 0 Å². The van der Waals surface area contributed by atoms with Gasteiger partial charge in [0.25, 0.3) is 0 Å². The molecule has 2 aliphatic rings. The van der Waals surface area contributed by atoms with E-state index in [4.69, 9.17) is 4.74 Å². The van der Waals surface area contributed by atoms with Crippen LogP contribution in [0.15, 0.2) is 18.2 Å². The lowest BCUT2D eigenvalue weighted by molar-refractivity contribution is 0.0361. The van der Waals surface area contributed by atoms with Gasteiger partial charge in [-0.2, -0.15) is 0 Å². The van der Waals surface area contributed by atoms with E-state index in [1.807, 2.05) is 6.07 Å². The van der Waals surface area contributed by atoms with E-state index < -0.39 is 0 Å². The Kier molecular flexibility index (Phi) is 3.76. The Morgan fingerprint density at radius 3 is 3.05 bits per heavy atom. The van der Waals surface area contributed by atoms with Crippen molar-refractivity contribution < 1.29 is 9.84 Å². The minimum absolute atomic E-state index is 0.462. The summed E-state index contributed by atoms with van der Waals surface area (Å²) in [6.07, 6.45) is 4.60. The molecule has 1 aliphatic carbocycles. The zero-order valence-corrected chi connectivity index (χ0v) is 11.6. The number of fused-ring (bicyclic) bond motifs is 1. The van der Waals surface area contributed by atoms with E-state index in [1.165, 1.54) is 18.4 Å². The van der Waals surface area contributed by atoms with Crippen LogP contribution in [0.5, 0.6) is 5.75 Å². The lowest BCUT2D eigenvalue weighted by Gasteiger charge is -2.31. The smallest absolute Gasteiger partial charge is 0.119 e. The molecular formula is C16H23NO2. The van der Waals surface area contributed by atoms with E-state index in [0.29, 0.717) is 17.7 Å². The molecule has 0 aromatic heterocycles. The lowest BCUT2D eigenvalue weighted by atomic mass is 10.00. The maximum absolute atomic E-state index is 9.91. The Balaban J connectivity index is 1.69. The number of hydrogen-bond acceptors (Lipinski definition) is 3. The summed E-state index contributed by atoms with van der Waals surface area (Å²) < 4.78 is 5.57. The second kappa shape index (κ2) is 5.51. The Morgan fingerprint density at radius 2 is 2.26 bits per heavy atom. The van der Waals surface area contributed by atoms with E-state index in [2.05, 4.69) is 18.0 Å². The van der Waals surface area contributed by atoms with Crippen molar-refractivity contribution in [3.63, 3.8) is 0 Å². The fourth-order valence-corrected chi connectivity index (χ4v) is 3.56. The fourth-order valence-electron chi connectivity index (χ4n) is 3.56. The second-order valence-corrected chi connectivity index (χ2v) is 5.92. The van der Waals surface area contributed by atoms with Gasteiger partial charge in [-0.05, 0) is 55.8 Å². The van der Waals surface area contributed by atoms with Crippen molar-refractivity contribution >= 4 is 0 Å². The van der Waals surface area contributed by atoms with Gasteiger partial charge in [-0.15, -0.1) is 0 Å². The summed E-state index contributed by atoms with van der Waals surface area (Å²) in [7, 11) is 2.21. The highest BCUT2D eigenvalue weighted by Crippen LogP contribution is 2.39. The van der Waals surface area contributed by atoms with E-state index >= 15 is 0 Å². The van der Waals surface area contributed by atoms with Gasteiger partial charge >= 0.3 is 0 Å². The summed E-state index contributed by atoms with van der Waals surface area (Å²) in [6, 6.07) is 6.39. The van der Waals surface area contributed by atoms with Crippen molar-refractivity contribution in [2.45, 2.75) is 31.7 Å². The highest BCUT2D eigenvalue weighted by molar-refractivity contribution is 5.44. The largest absolute Gasteiger partial charge is 0.508 e. The van der Waals surface area contributed by atoms with Gasteiger partial charge < -0.3 is 9.84 Å². The van der Waals surface area contributed by atoms with Gasteiger partial charge in [0.2, 0.25) is 0 Å². The molecule has 104 valence electrons. The van der Waals surface area contributed by atoms with Crippen LogP contribution in [-0.2, 0) is 11.2 Å². The molecule has 1 fully saturated rings. The molecule has 3 heteroatoms.